The van der Waals surface area contributed by atoms with Gasteiger partial charge in [-0.1, -0.05) is 5.11 Å². The number of azide groups is 1. The van der Waals surface area contributed by atoms with E-state index in [1.165, 1.54) is 0 Å². The fourth-order valence-electron chi connectivity index (χ4n) is 1.71. The van der Waals surface area contributed by atoms with Crippen LogP contribution in [-0.2, 0) is 9.47 Å². The molecule has 0 aromatic rings. The van der Waals surface area contributed by atoms with Gasteiger partial charge in [-0.25, -0.2) is 0 Å². The molecule has 0 radical (unpaired) electrons. The molecule has 0 aliphatic carbocycles. The van der Waals surface area contributed by atoms with E-state index in [4.69, 9.17) is 20.3 Å². The maximum Gasteiger partial charge on any atom is 0.163 e. The second-order valence-corrected chi connectivity index (χ2v) is 4.39. The Kier molecular flexibility index (Phi) is 4.73. The minimum absolute atomic E-state index is 0.0319. The highest BCUT2D eigenvalue weighted by molar-refractivity contribution is 4.87. The minimum atomic E-state index is -0.782. The molecule has 7 heteroatoms. The van der Waals surface area contributed by atoms with Crippen LogP contribution in [0.25, 0.3) is 10.4 Å². The smallest absolute Gasteiger partial charge is 0.163 e. The lowest BCUT2D eigenvalue weighted by atomic mass is 10.0. The molecule has 1 heterocycles. The van der Waals surface area contributed by atoms with Crippen LogP contribution in [0.15, 0.2) is 5.11 Å². The average Bonchev–Trinajstić information content (AvgIpc) is 2.22. The summed E-state index contributed by atoms with van der Waals surface area (Å²) in [5, 5.41) is 21.6. The van der Waals surface area contributed by atoms with Crippen LogP contribution in [0, 0.1) is 11.3 Å². The van der Waals surface area contributed by atoms with Gasteiger partial charge in [-0.05, 0) is 19.4 Å². The standard InChI is InChI=1S/C10H16N4O3/c1-10(2)16-6-8(13-14-12)9(17-10)5-7(15)3-4-11/h7-9,15H,3,5-6H2,1-2H3/t7-,8+,9+/m0/s1. The first kappa shape index (κ1) is 13.7. The van der Waals surface area contributed by atoms with Crippen LogP contribution in [0.5, 0.6) is 0 Å². The molecular formula is C10H16N4O3. The van der Waals surface area contributed by atoms with Crippen molar-refractivity contribution in [1.29, 1.82) is 5.26 Å². The molecule has 0 aromatic carbocycles. The van der Waals surface area contributed by atoms with Crippen molar-refractivity contribution in [3.63, 3.8) is 0 Å². The van der Waals surface area contributed by atoms with Gasteiger partial charge in [0.2, 0.25) is 0 Å². The van der Waals surface area contributed by atoms with Crippen molar-refractivity contribution in [1.82, 2.24) is 0 Å². The molecule has 3 atom stereocenters. The third-order valence-corrected chi connectivity index (χ3v) is 2.50. The van der Waals surface area contributed by atoms with Gasteiger partial charge in [0.05, 0.1) is 37.3 Å². The highest BCUT2D eigenvalue weighted by Gasteiger charge is 2.36. The van der Waals surface area contributed by atoms with Crippen LogP contribution in [0.2, 0.25) is 0 Å². The van der Waals surface area contributed by atoms with Crippen molar-refractivity contribution in [3.05, 3.63) is 10.4 Å². The van der Waals surface area contributed by atoms with Gasteiger partial charge in [0.25, 0.3) is 0 Å². The number of ether oxygens (including phenoxy) is 2. The van der Waals surface area contributed by atoms with E-state index in [1.807, 2.05) is 6.07 Å². The first-order valence-corrected chi connectivity index (χ1v) is 5.39. The molecular weight excluding hydrogens is 224 g/mol. The third kappa shape index (κ3) is 4.21. The molecule has 1 aliphatic heterocycles. The number of aliphatic hydroxyl groups excluding tert-OH is 1. The number of rotatable bonds is 4. The molecule has 7 nitrogen and oxygen atoms in total. The van der Waals surface area contributed by atoms with Gasteiger partial charge in [-0.3, -0.25) is 0 Å². The Morgan fingerprint density at radius 2 is 2.41 bits per heavy atom. The zero-order valence-corrected chi connectivity index (χ0v) is 9.91. The molecule has 1 N–H and O–H groups in total. The largest absolute Gasteiger partial charge is 0.392 e. The Balaban J connectivity index is 2.67. The summed E-state index contributed by atoms with van der Waals surface area (Å²) in [6.45, 7) is 3.76. The maximum absolute atomic E-state index is 9.58. The quantitative estimate of drug-likeness (QED) is 0.455. The lowest BCUT2D eigenvalue weighted by Crippen LogP contribution is -2.48. The molecule has 0 spiro atoms. The Morgan fingerprint density at radius 1 is 1.71 bits per heavy atom. The molecule has 94 valence electrons. The molecule has 1 fully saturated rings. The second kappa shape index (κ2) is 5.84. The highest BCUT2D eigenvalue weighted by Crippen LogP contribution is 2.27. The summed E-state index contributed by atoms with van der Waals surface area (Å²) in [7, 11) is 0. The normalized spacial score (nSPS) is 28.8. The number of nitriles is 1. The lowest BCUT2D eigenvalue weighted by Gasteiger charge is -2.40. The van der Waals surface area contributed by atoms with E-state index >= 15 is 0 Å². The van der Waals surface area contributed by atoms with Gasteiger partial charge < -0.3 is 14.6 Å². The number of nitrogens with zero attached hydrogens (tertiary/aromatic N) is 4. The van der Waals surface area contributed by atoms with Crippen LogP contribution in [-0.4, -0.2) is 35.8 Å². The summed E-state index contributed by atoms with van der Waals surface area (Å²) in [5.74, 6) is -0.765. The van der Waals surface area contributed by atoms with Crippen molar-refractivity contribution < 1.29 is 14.6 Å². The van der Waals surface area contributed by atoms with Gasteiger partial charge in [0.1, 0.15) is 0 Å². The molecule has 0 bridgehead atoms. The fraction of sp³-hybridized carbons (Fsp3) is 0.900. The summed E-state index contributed by atoms with van der Waals surface area (Å²) in [6.07, 6.45) is -0.929. The first-order valence-electron chi connectivity index (χ1n) is 5.39. The zero-order chi connectivity index (χ0) is 12.9. The van der Waals surface area contributed by atoms with E-state index in [2.05, 4.69) is 10.0 Å². The summed E-state index contributed by atoms with van der Waals surface area (Å²) >= 11 is 0. The van der Waals surface area contributed by atoms with E-state index in [-0.39, 0.29) is 19.4 Å². The van der Waals surface area contributed by atoms with Gasteiger partial charge in [-0.2, -0.15) is 5.26 Å². The average molecular weight is 240 g/mol. The van der Waals surface area contributed by atoms with Crippen LogP contribution in [0.3, 0.4) is 0 Å². The molecule has 17 heavy (non-hydrogen) atoms. The van der Waals surface area contributed by atoms with E-state index < -0.39 is 24.0 Å². The molecule has 1 aliphatic rings. The summed E-state index contributed by atoms with van der Waals surface area (Å²) in [4.78, 5) is 2.73. The Bertz CT molecular complexity index is 346. The molecule has 0 amide bonds. The Hall–Kier alpha value is -1.32. The zero-order valence-electron chi connectivity index (χ0n) is 9.91. The van der Waals surface area contributed by atoms with E-state index in [1.54, 1.807) is 13.8 Å². The predicted molar refractivity (Wildman–Crippen MR) is 58.7 cm³/mol. The van der Waals surface area contributed by atoms with Gasteiger partial charge >= 0.3 is 0 Å². The van der Waals surface area contributed by atoms with Crippen molar-refractivity contribution in [3.8, 4) is 6.07 Å². The molecule has 1 saturated heterocycles. The third-order valence-electron chi connectivity index (χ3n) is 2.50. The van der Waals surface area contributed by atoms with Gasteiger partial charge in [0.15, 0.2) is 5.79 Å². The Labute approximate surface area is 99.6 Å². The molecule has 0 aromatic heterocycles. The minimum Gasteiger partial charge on any atom is -0.392 e. The predicted octanol–water partition coefficient (Wildman–Crippen LogP) is 1.48. The number of aliphatic hydroxyl groups is 1. The molecule has 1 rings (SSSR count). The Morgan fingerprint density at radius 3 is 3.00 bits per heavy atom. The van der Waals surface area contributed by atoms with Crippen molar-refractivity contribution >= 4 is 0 Å². The van der Waals surface area contributed by atoms with E-state index in [9.17, 15) is 5.11 Å². The van der Waals surface area contributed by atoms with Crippen molar-refractivity contribution in [2.75, 3.05) is 6.61 Å². The van der Waals surface area contributed by atoms with Crippen molar-refractivity contribution in [2.45, 2.75) is 50.7 Å². The fourth-order valence-corrected chi connectivity index (χ4v) is 1.71. The summed E-state index contributed by atoms with van der Waals surface area (Å²) in [6, 6.07) is 1.41. The summed E-state index contributed by atoms with van der Waals surface area (Å²) < 4.78 is 11.0. The number of hydrogen-bond acceptors (Lipinski definition) is 5. The van der Waals surface area contributed by atoms with Crippen LogP contribution < -0.4 is 0 Å². The topological polar surface area (TPSA) is 111 Å². The van der Waals surface area contributed by atoms with Gasteiger partial charge in [-0.15, -0.1) is 0 Å². The second-order valence-electron chi connectivity index (χ2n) is 4.39. The maximum atomic E-state index is 9.58. The highest BCUT2D eigenvalue weighted by atomic mass is 16.7. The van der Waals surface area contributed by atoms with Crippen molar-refractivity contribution in [2.24, 2.45) is 5.11 Å². The first-order chi connectivity index (χ1) is 7.98. The molecule has 0 unspecified atom stereocenters. The monoisotopic (exact) mass is 240 g/mol. The summed E-state index contributed by atoms with van der Waals surface area (Å²) in [5.41, 5.74) is 8.44. The van der Waals surface area contributed by atoms with E-state index in [0.717, 1.165) is 0 Å². The number of hydrogen-bond donors (Lipinski definition) is 1. The molecule has 0 saturated carbocycles. The van der Waals surface area contributed by atoms with Gasteiger partial charge in [0, 0.05) is 11.3 Å². The van der Waals surface area contributed by atoms with Crippen LogP contribution >= 0.6 is 0 Å². The lowest BCUT2D eigenvalue weighted by molar-refractivity contribution is -0.282. The van der Waals surface area contributed by atoms with Crippen LogP contribution in [0.4, 0.5) is 0 Å². The van der Waals surface area contributed by atoms with Crippen LogP contribution in [0.1, 0.15) is 26.7 Å². The SMILES string of the molecule is CC1(C)OC[C@@H](N=[N+]=[N-])[C@@H](C[C@@H](O)CC#N)O1. The van der Waals surface area contributed by atoms with E-state index in [0.29, 0.717) is 0 Å².